The minimum Gasteiger partial charge on any atom is -0.207 e. The number of nitrogens with zero attached hydrogens (tertiary/aromatic N) is 1. The minimum atomic E-state index is -5.45. The minimum absolute atomic E-state index is 0.00677. The lowest BCUT2D eigenvalue weighted by Crippen LogP contribution is -2.43. The van der Waals surface area contributed by atoms with Gasteiger partial charge in [0.2, 0.25) is 10.0 Å². The predicted molar refractivity (Wildman–Crippen MR) is 116 cm³/mol. The molecule has 1 heterocycles. The van der Waals surface area contributed by atoms with Gasteiger partial charge in [0.15, 0.2) is 0 Å². The van der Waals surface area contributed by atoms with E-state index in [1.807, 2.05) is 0 Å². The van der Waals surface area contributed by atoms with Gasteiger partial charge in [-0.05, 0) is 49.1 Å². The molecule has 6 nitrogen and oxygen atoms in total. The smallest absolute Gasteiger partial charge is 0.207 e. The van der Waals surface area contributed by atoms with Crippen LogP contribution < -0.4 is 4.72 Å². The monoisotopic (exact) mass is 546 g/mol. The van der Waals surface area contributed by atoms with Crippen LogP contribution in [0.25, 0.3) is 0 Å². The van der Waals surface area contributed by atoms with Crippen LogP contribution in [0.5, 0.6) is 0 Å². The highest BCUT2D eigenvalue weighted by Crippen LogP contribution is 2.37. The zero-order valence-corrected chi connectivity index (χ0v) is 20.1. The van der Waals surface area contributed by atoms with E-state index in [1.165, 1.54) is 45.4 Å². The average Bonchev–Trinajstić information content (AvgIpc) is 2.73. The van der Waals surface area contributed by atoms with E-state index in [0.29, 0.717) is 0 Å². The van der Waals surface area contributed by atoms with Crippen molar-refractivity contribution in [3.05, 3.63) is 53.3 Å². The zero-order chi connectivity index (χ0) is 24.4. The van der Waals surface area contributed by atoms with Gasteiger partial charge in [0, 0.05) is 34.4 Å². The van der Waals surface area contributed by atoms with Gasteiger partial charge in [0.25, 0.3) is 0 Å². The summed E-state index contributed by atoms with van der Waals surface area (Å²) in [5, 5.41) is 0.267. The number of nitrogens with one attached hydrogen (secondary N) is 1. The Bertz CT molecular complexity index is 1220. The molecule has 2 aromatic carbocycles. The van der Waals surface area contributed by atoms with E-state index in [-0.39, 0.29) is 45.6 Å². The molecule has 14 heteroatoms. The van der Waals surface area contributed by atoms with Crippen molar-refractivity contribution in [2.75, 3.05) is 19.6 Å². The second-order valence-electron chi connectivity index (χ2n) is 7.27. The van der Waals surface area contributed by atoms with Gasteiger partial charge in [0.1, 0.15) is 5.82 Å². The Morgan fingerprint density at radius 3 is 2.27 bits per heavy atom. The molecule has 0 aromatic heterocycles. The highest BCUT2D eigenvalue weighted by molar-refractivity contribution is 8.00. The van der Waals surface area contributed by atoms with Crippen LogP contribution in [0.3, 0.4) is 0 Å². The second kappa shape index (κ2) is 10.1. The normalized spacial score (nSPS) is 16.8. The van der Waals surface area contributed by atoms with Crippen LogP contribution in [-0.4, -0.2) is 46.3 Å². The SMILES string of the molecule is O=S(=O)(c1ccc(Cl)cc1Sc1ccccc1F)N1CCC(CNS(=O)(=O)C(F)(F)F)CC1. The van der Waals surface area contributed by atoms with Gasteiger partial charge in [-0.1, -0.05) is 35.5 Å². The Balaban J connectivity index is 1.73. The number of rotatable bonds is 7. The second-order valence-corrected chi connectivity index (χ2v) is 12.5. The molecule has 182 valence electrons. The Morgan fingerprint density at radius 1 is 1.03 bits per heavy atom. The van der Waals surface area contributed by atoms with Gasteiger partial charge in [-0.3, -0.25) is 0 Å². The van der Waals surface area contributed by atoms with Crippen LogP contribution in [0.1, 0.15) is 12.8 Å². The molecule has 0 atom stereocenters. The third-order valence-corrected chi connectivity index (χ3v) is 9.61. The number of halogens is 5. The van der Waals surface area contributed by atoms with Crippen molar-refractivity contribution < 1.29 is 34.4 Å². The maximum absolute atomic E-state index is 14.1. The fraction of sp³-hybridized carbons (Fsp3) is 0.368. The van der Waals surface area contributed by atoms with Crippen LogP contribution in [-0.2, 0) is 20.0 Å². The molecule has 0 aliphatic carbocycles. The van der Waals surface area contributed by atoms with E-state index in [2.05, 4.69) is 0 Å². The third-order valence-electron chi connectivity index (χ3n) is 5.02. The molecular formula is C19H19ClF4N2O4S3. The number of sulfonamides is 2. The van der Waals surface area contributed by atoms with Gasteiger partial charge in [-0.2, -0.15) is 17.5 Å². The van der Waals surface area contributed by atoms with Crippen molar-refractivity contribution >= 4 is 43.4 Å². The molecule has 1 saturated heterocycles. The Hall–Kier alpha value is -1.38. The first-order valence-corrected chi connectivity index (χ1v) is 13.7. The molecule has 1 aliphatic heterocycles. The quantitative estimate of drug-likeness (QED) is 0.518. The Morgan fingerprint density at radius 2 is 1.67 bits per heavy atom. The zero-order valence-electron chi connectivity index (χ0n) is 16.8. The summed E-state index contributed by atoms with van der Waals surface area (Å²) in [6, 6.07) is 10.0. The number of hydrogen-bond acceptors (Lipinski definition) is 5. The van der Waals surface area contributed by atoms with E-state index in [4.69, 9.17) is 11.6 Å². The van der Waals surface area contributed by atoms with Crippen molar-refractivity contribution in [1.82, 2.24) is 9.03 Å². The maximum atomic E-state index is 14.1. The first-order valence-electron chi connectivity index (χ1n) is 9.59. The van der Waals surface area contributed by atoms with E-state index in [9.17, 15) is 34.4 Å². The summed E-state index contributed by atoms with van der Waals surface area (Å²) in [6.07, 6.45) is 0.339. The molecule has 0 bridgehead atoms. The van der Waals surface area contributed by atoms with Crippen molar-refractivity contribution in [1.29, 1.82) is 0 Å². The van der Waals surface area contributed by atoms with Crippen LogP contribution >= 0.6 is 23.4 Å². The molecule has 33 heavy (non-hydrogen) atoms. The fourth-order valence-electron chi connectivity index (χ4n) is 3.22. The van der Waals surface area contributed by atoms with E-state index in [1.54, 1.807) is 6.07 Å². The number of alkyl halides is 3. The molecule has 0 amide bonds. The van der Waals surface area contributed by atoms with Gasteiger partial charge < -0.3 is 0 Å². The maximum Gasteiger partial charge on any atom is 0.511 e. The van der Waals surface area contributed by atoms with E-state index < -0.39 is 43.8 Å². The molecule has 3 rings (SSSR count). The number of benzene rings is 2. The fourth-order valence-corrected chi connectivity index (χ4v) is 6.95. The van der Waals surface area contributed by atoms with Crippen LogP contribution in [0, 0.1) is 11.7 Å². The van der Waals surface area contributed by atoms with E-state index in [0.717, 1.165) is 11.8 Å². The number of hydrogen-bond donors (Lipinski definition) is 1. The topological polar surface area (TPSA) is 83.6 Å². The van der Waals surface area contributed by atoms with Crippen molar-refractivity contribution in [2.24, 2.45) is 5.92 Å². The summed E-state index contributed by atoms with van der Waals surface area (Å²) >= 11 is 6.94. The average molecular weight is 547 g/mol. The molecule has 2 aromatic rings. The Labute approximate surface area is 198 Å². The Kier molecular flexibility index (Phi) is 8.01. The molecule has 1 N–H and O–H groups in total. The molecule has 1 aliphatic rings. The highest BCUT2D eigenvalue weighted by Gasteiger charge is 2.46. The third kappa shape index (κ3) is 6.20. The summed E-state index contributed by atoms with van der Waals surface area (Å²) in [6.45, 7) is -0.453. The lowest BCUT2D eigenvalue weighted by molar-refractivity contribution is -0.0448. The van der Waals surface area contributed by atoms with Crippen LogP contribution in [0.4, 0.5) is 17.6 Å². The molecule has 0 saturated carbocycles. The molecule has 0 radical (unpaired) electrons. The molecule has 0 unspecified atom stereocenters. The summed E-state index contributed by atoms with van der Waals surface area (Å²) < 4.78 is 103. The van der Waals surface area contributed by atoms with Crippen molar-refractivity contribution in [3.63, 3.8) is 0 Å². The predicted octanol–water partition coefficient (Wildman–Crippen LogP) is 4.47. The van der Waals surface area contributed by atoms with E-state index >= 15 is 0 Å². The summed E-state index contributed by atoms with van der Waals surface area (Å²) in [5.41, 5.74) is -5.40. The lowest BCUT2D eigenvalue weighted by Gasteiger charge is -2.31. The summed E-state index contributed by atoms with van der Waals surface area (Å²) in [4.78, 5) is 0.371. The summed E-state index contributed by atoms with van der Waals surface area (Å²) in [5.74, 6) is -0.973. The molecule has 1 fully saturated rings. The van der Waals surface area contributed by atoms with Crippen LogP contribution in [0.2, 0.25) is 5.02 Å². The van der Waals surface area contributed by atoms with Crippen molar-refractivity contribution in [2.45, 2.75) is 33.0 Å². The first kappa shape index (κ1) is 26.2. The van der Waals surface area contributed by atoms with Gasteiger partial charge >= 0.3 is 15.5 Å². The van der Waals surface area contributed by atoms with Crippen molar-refractivity contribution in [3.8, 4) is 0 Å². The standard InChI is InChI=1S/C19H19ClF4N2O4S3/c20-14-5-6-18(17(11-14)31-16-4-2-1-3-15(16)21)32(27,28)26-9-7-13(8-10-26)12-25-33(29,30)19(22,23)24/h1-6,11,13,25H,7-10,12H2. The summed E-state index contributed by atoms with van der Waals surface area (Å²) in [7, 11) is -9.47. The highest BCUT2D eigenvalue weighted by atomic mass is 35.5. The first-order chi connectivity index (χ1) is 15.3. The van der Waals surface area contributed by atoms with Gasteiger partial charge in [0.05, 0.1) is 4.90 Å². The van der Waals surface area contributed by atoms with Crippen LogP contribution in [0.15, 0.2) is 57.2 Å². The molecule has 0 spiro atoms. The largest absolute Gasteiger partial charge is 0.511 e. The lowest BCUT2D eigenvalue weighted by atomic mass is 9.99. The molecular weight excluding hydrogens is 528 g/mol. The van der Waals surface area contributed by atoms with Gasteiger partial charge in [-0.15, -0.1) is 0 Å². The van der Waals surface area contributed by atoms with Gasteiger partial charge in [-0.25, -0.2) is 25.9 Å². The number of piperidine rings is 1.